The average Bonchev–Trinajstić information content (AvgIpc) is 2.96. The van der Waals surface area contributed by atoms with Crippen molar-refractivity contribution in [1.82, 2.24) is 9.88 Å². The van der Waals surface area contributed by atoms with Crippen molar-refractivity contribution < 1.29 is 14.3 Å². The molecule has 0 bridgehead atoms. The number of amides is 2. The van der Waals surface area contributed by atoms with Gasteiger partial charge in [-0.2, -0.15) is 0 Å². The summed E-state index contributed by atoms with van der Waals surface area (Å²) in [5.41, 5.74) is 12.2. The van der Waals surface area contributed by atoms with Crippen molar-refractivity contribution in [3.8, 4) is 22.4 Å². The largest absolute Gasteiger partial charge is 0.453 e. The molecule has 2 fully saturated rings. The molecule has 1 aromatic heterocycles. The van der Waals surface area contributed by atoms with Crippen LogP contribution in [0.5, 0.6) is 0 Å². The Hall–Kier alpha value is -3.71. The van der Waals surface area contributed by atoms with E-state index in [0.29, 0.717) is 23.9 Å². The summed E-state index contributed by atoms with van der Waals surface area (Å²) < 4.78 is 4.84. The van der Waals surface area contributed by atoms with Gasteiger partial charge in [-0.25, -0.2) is 4.79 Å². The van der Waals surface area contributed by atoms with Crippen molar-refractivity contribution in [2.75, 3.05) is 19.5 Å². The van der Waals surface area contributed by atoms with Crippen molar-refractivity contribution in [1.29, 1.82) is 0 Å². The molecule has 3 aromatic rings. The van der Waals surface area contributed by atoms with E-state index in [2.05, 4.69) is 48.6 Å². The SMILES string of the molecule is COC(=O)N(C)C1CCC(CC(=O)Nc2cnc(-c3ccc(C4(N)CC(C)C4)cc3)c(-c3ccccc3)c2)CC1. The summed E-state index contributed by atoms with van der Waals surface area (Å²) in [6.45, 7) is 2.24. The number of nitrogens with two attached hydrogens (primary N) is 1. The number of hydrogen-bond acceptors (Lipinski definition) is 5. The smallest absolute Gasteiger partial charge is 0.409 e. The van der Waals surface area contributed by atoms with Gasteiger partial charge >= 0.3 is 6.09 Å². The molecule has 2 aromatic carbocycles. The van der Waals surface area contributed by atoms with Gasteiger partial charge < -0.3 is 20.7 Å². The Morgan fingerprint density at radius 1 is 1.02 bits per heavy atom. The van der Waals surface area contributed by atoms with Crippen LogP contribution in [0.1, 0.15) is 57.4 Å². The maximum Gasteiger partial charge on any atom is 0.409 e. The number of aromatic nitrogens is 1. The van der Waals surface area contributed by atoms with Crippen LogP contribution < -0.4 is 11.1 Å². The van der Waals surface area contributed by atoms with E-state index in [1.807, 2.05) is 24.3 Å². The van der Waals surface area contributed by atoms with E-state index in [9.17, 15) is 9.59 Å². The summed E-state index contributed by atoms with van der Waals surface area (Å²) in [6.07, 6.45) is 7.49. The number of benzene rings is 2. The topological polar surface area (TPSA) is 97.5 Å². The predicted octanol–water partition coefficient (Wildman–Crippen LogP) is 6.59. The van der Waals surface area contributed by atoms with Crippen molar-refractivity contribution in [3.63, 3.8) is 0 Å². The number of pyridine rings is 1. The van der Waals surface area contributed by atoms with Gasteiger partial charge in [0, 0.05) is 36.2 Å². The summed E-state index contributed by atoms with van der Waals surface area (Å²) in [4.78, 5) is 31.3. The first-order chi connectivity index (χ1) is 19.3. The first-order valence-corrected chi connectivity index (χ1v) is 14.3. The lowest BCUT2D eigenvalue weighted by Gasteiger charge is -2.44. The molecule has 5 rings (SSSR count). The van der Waals surface area contributed by atoms with Crippen LogP contribution in [0.15, 0.2) is 66.9 Å². The molecule has 0 atom stereocenters. The van der Waals surface area contributed by atoms with E-state index in [-0.39, 0.29) is 23.6 Å². The normalized spacial score (nSPS) is 24.1. The molecular formula is C33H40N4O3. The van der Waals surface area contributed by atoms with E-state index in [4.69, 9.17) is 15.5 Å². The molecule has 210 valence electrons. The zero-order chi connectivity index (χ0) is 28.3. The molecular weight excluding hydrogens is 500 g/mol. The third kappa shape index (κ3) is 6.04. The molecule has 3 N–H and O–H groups in total. The van der Waals surface area contributed by atoms with Gasteiger partial charge in [0.05, 0.1) is 24.7 Å². The lowest BCUT2D eigenvalue weighted by molar-refractivity contribution is -0.117. The number of ether oxygens (including phenoxy) is 1. The molecule has 40 heavy (non-hydrogen) atoms. The van der Waals surface area contributed by atoms with Crippen LogP contribution in [-0.4, -0.2) is 42.1 Å². The molecule has 0 aliphatic heterocycles. The van der Waals surface area contributed by atoms with Crippen molar-refractivity contribution in [3.05, 3.63) is 72.4 Å². The summed E-state index contributed by atoms with van der Waals surface area (Å²) in [5, 5.41) is 3.09. The Balaban J connectivity index is 1.28. The van der Waals surface area contributed by atoms with Crippen LogP contribution in [0.4, 0.5) is 10.5 Å². The van der Waals surface area contributed by atoms with Crippen LogP contribution in [-0.2, 0) is 15.1 Å². The molecule has 0 radical (unpaired) electrons. The summed E-state index contributed by atoms with van der Waals surface area (Å²) in [7, 11) is 3.18. The highest BCUT2D eigenvalue weighted by atomic mass is 16.5. The maximum absolute atomic E-state index is 13.0. The van der Waals surface area contributed by atoms with E-state index in [1.54, 1.807) is 18.1 Å². The molecule has 2 amide bonds. The zero-order valence-electron chi connectivity index (χ0n) is 23.7. The maximum atomic E-state index is 13.0. The number of nitrogens with one attached hydrogen (secondary N) is 1. The van der Waals surface area contributed by atoms with E-state index < -0.39 is 0 Å². The molecule has 0 unspecified atom stereocenters. The first-order valence-electron chi connectivity index (χ1n) is 14.3. The fraction of sp³-hybridized carbons (Fsp3) is 0.424. The van der Waals surface area contributed by atoms with Gasteiger partial charge in [0.2, 0.25) is 5.91 Å². The molecule has 7 nitrogen and oxygen atoms in total. The zero-order valence-corrected chi connectivity index (χ0v) is 23.7. The number of rotatable bonds is 7. The fourth-order valence-electron chi connectivity index (χ4n) is 6.48. The second-order valence-electron chi connectivity index (χ2n) is 11.7. The van der Waals surface area contributed by atoms with E-state index in [0.717, 1.165) is 60.9 Å². The molecule has 2 aliphatic rings. The number of anilines is 1. The lowest BCUT2D eigenvalue weighted by atomic mass is 9.66. The van der Waals surface area contributed by atoms with E-state index in [1.165, 1.54) is 12.7 Å². The minimum absolute atomic E-state index is 0.00865. The second-order valence-corrected chi connectivity index (χ2v) is 11.7. The van der Waals surface area contributed by atoms with Crippen molar-refractivity contribution in [2.24, 2.45) is 17.6 Å². The summed E-state index contributed by atoms with van der Waals surface area (Å²) in [6, 6.07) is 20.8. The minimum atomic E-state index is -0.307. The average molecular weight is 541 g/mol. The Kier molecular flexibility index (Phi) is 8.22. The van der Waals surface area contributed by atoms with Gasteiger partial charge in [-0.3, -0.25) is 9.78 Å². The molecule has 1 heterocycles. The highest BCUT2D eigenvalue weighted by Gasteiger charge is 2.39. The molecule has 0 spiro atoms. The third-order valence-corrected chi connectivity index (χ3v) is 8.72. The summed E-state index contributed by atoms with van der Waals surface area (Å²) >= 11 is 0. The monoisotopic (exact) mass is 540 g/mol. The van der Waals surface area contributed by atoms with Gasteiger partial charge in [0.1, 0.15) is 0 Å². The predicted molar refractivity (Wildman–Crippen MR) is 159 cm³/mol. The Morgan fingerprint density at radius 3 is 2.33 bits per heavy atom. The van der Waals surface area contributed by atoms with Gasteiger partial charge in [-0.1, -0.05) is 61.5 Å². The van der Waals surface area contributed by atoms with Gasteiger partial charge in [0.15, 0.2) is 0 Å². The standard InChI is InChI=1S/C33H40N4O3/c1-22-19-33(34,20-22)26-13-11-25(12-14-26)31-29(24-7-5-4-6-8-24)18-27(21-35-31)36-30(38)17-23-9-15-28(16-10-23)37(2)32(39)40-3/h4-8,11-14,18,21-23,28H,9-10,15-17,19-20,34H2,1-3H3,(H,36,38). The highest BCUT2D eigenvalue weighted by molar-refractivity contribution is 5.93. The number of methoxy groups -OCH3 is 1. The quantitative estimate of drug-likeness (QED) is 0.353. The third-order valence-electron chi connectivity index (χ3n) is 8.72. The van der Waals surface area contributed by atoms with Crippen LogP contribution in [0, 0.1) is 11.8 Å². The molecule has 7 heteroatoms. The van der Waals surface area contributed by atoms with Crippen molar-refractivity contribution in [2.45, 2.75) is 63.5 Å². The molecule has 2 aliphatic carbocycles. The van der Waals surface area contributed by atoms with Gasteiger partial charge in [0.25, 0.3) is 0 Å². The number of hydrogen-bond donors (Lipinski definition) is 2. The van der Waals surface area contributed by atoms with Gasteiger partial charge in [-0.15, -0.1) is 0 Å². The number of carbonyl (C=O) groups excluding carboxylic acids is 2. The molecule has 2 saturated carbocycles. The number of carbonyl (C=O) groups is 2. The van der Waals surface area contributed by atoms with Crippen LogP contribution >= 0.6 is 0 Å². The van der Waals surface area contributed by atoms with Crippen LogP contribution in [0.2, 0.25) is 0 Å². The lowest BCUT2D eigenvalue weighted by Crippen LogP contribution is -2.47. The Bertz CT molecular complexity index is 1330. The Morgan fingerprint density at radius 2 is 1.70 bits per heavy atom. The highest BCUT2D eigenvalue weighted by Crippen LogP contribution is 2.43. The second kappa shape index (κ2) is 11.8. The van der Waals surface area contributed by atoms with Crippen LogP contribution in [0.3, 0.4) is 0 Å². The summed E-state index contributed by atoms with van der Waals surface area (Å²) in [5.74, 6) is 0.957. The minimum Gasteiger partial charge on any atom is -0.453 e. The van der Waals surface area contributed by atoms with E-state index >= 15 is 0 Å². The van der Waals surface area contributed by atoms with Crippen molar-refractivity contribution >= 4 is 17.7 Å². The van der Waals surface area contributed by atoms with Gasteiger partial charge in [-0.05, 0) is 67.6 Å². The number of nitrogens with zero attached hydrogens (tertiary/aromatic N) is 2. The Labute approximate surface area is 237 Å². The molecule has 0 saturated heterocycles. The van der Waals surface area contributed by atoms with Crippen LogP contribution in [0.25, 0.3) is 22.4 Å². The fourth-order valence-corrected chi connectivity index (χ4v) is 6.48. The first kappa shape index (κ1) is 27.8.